The van der Waals surface area contributed by atoms with Gasteiger partial charge in [-0.1, -0.05) is 13.0 Å². The van der Waals surface area contributed by atoms with Crippen LogP contribution in [0.3, 0.4) is 0 Å². The topological polar surface area (TPSA) is 65.2 Å². The molecule has 2 aromatic rings. The third kappa shape index (κ3) is 2.20. The Hall–Kier alpha value is -2.10. The van der Waals surface area contributed by atoms with E-state index in [1.54, 1.807) is 18.5 Å². The number of carbonyl (C=O) groups is 1. The number of benzene rings is 1. The van der Waals surface area contributed by atoms with E-state index in [-0.39, 0.29) is 5.97 Å². The van der Waals surface area contributed by atoms with Crippen molar-refractivity contribution in [2.24, 2.45) is 0 Å². The molecule has 0 atom stereocenters. The lowest BCUT2D eigenvalue weighted by Gasteiger charge is -2.08. The highest BCUT2D eigenvalue weighted by Crippen LogP contribution is 2.24. The Morgan fingerprint density at radius 3 is 3.00 bits per heavy atom. The van der Waals surface area contributed by atoms with Crippen LogP contribution in [0.15, 0.2) is 30.6 Å². The third-order valence-electron chi connectivity index (χ3n) is 2.52. The molecule has 1 heterocycles. The molecule has 1 aromatic carbocycles. The molecule has 0 unspecified atom stereocenters. The summed E-state index contributed by atoms with van der Waals surface area (Å²) in [4.78, 5) is 15.7. The fourth-order valence-electron chi connectivity index (χ4n) is 1.63. The molecular formula is C13H14N2O2. The van der Waals surface area contributed by atoms with E-state index in [1.165, 1.54) is 0 Å². The van der Waals surface area contributed by atoms with Gasteiger partial charge in [-0.25, -0.2) is 4.79 Å². The van der Waals surface area contributed by atoms with Crippen molar-refractivity contribution >= 4 is 22.4 Å². The quantitative estimate of drug-likeness (QED) is 0.649. The van der Waals surface area contributed by atoms with Crippen molar-refractivity contribution in [2.45, 2.75) is 13.3 Å². The fourth-order valence-corrected chi connectivity index (χ4v) is 1.63. The number of nitrogen functional groups attached to an aromatic ring is 1. The summed E-state index contributed by atoms with van der Waals surface area (Å²) in [5.74, 6) is -0.380. The van der Waals surface area contributed by atoms with Gasteiger partial charge in [0.25, 0.3) is 0 Å². The molecule has 0 radical (unpaired) electrons. The molecule has 4 nitrogen and oxygen atoms in total. The highest BCUT2D eigenvalue weighted by Gasteiger charge is 2.13. The summed E-state index contributed by atoms with van der Waals surface area (Å²) in [7, 11) is 0. The van der Waals surface area contributed by atoms with Gasteiger partial charge in [0.1, 0.15) is 0 Å². The molecule has 0 fully saturated rings. The molecule has 0 bridgehead atoms. The van der Waals surface area contributed by atoms with Crippen LogP contribution in [0.1, 0.15) is 23.7 Å². The van der Waals surface area contributed by atoms with Crippen LogP contribution in [0.4, 0.5) is 5.69 Å². The summed E-state index contributed by atoms with van der Waals surface area (Å²) < 4.78 is 5.07. The number of hydrogen-bond donors (Lipinski definition) is 1. The standard InChI is InChI=1S/C13H14N2O2/c1-2-7-17-13(16)10-4-3-9-5-6-15-8-11(9)12(10)14/h3-6,8H,2,7,14H2,1H3. The van der Waals surface area contributed by atoms with E-state index in [4.69, 9.17) is 10.5 Å². The van der Waals surface area contributed by atoms with E-state index < -0.39 is 0 Å². The van der Waals surface area contributed by atoms with Gasteiger partial charge in [-0.15, -0.1) is 0 Å². The molecule has 0 spiro atoms. The van der Waals surface area contributed by atoms with E-state index in [9.17, 15) is 4.79 Å². The van der Waals surface area contributed by atoms with Crippen LogP contribution in [0.25, 0.3) is 10.8 Å². The monoisotopic (exact) mass is 230 g/mol. The second-order valence-electron chi connectivity index (χ2n) is 3.76. The number of fused-ring (bicyclic) bond motifs is 1. The van der Waals surface area contributed by atoms with Crippen LogP contribution in [0, 0.1) is 0 Å². The molecule has 0 saturated carbocycles. The number of rotatable bonds is 3. The first-order chi connectivity index (χ1) is 8.24. The highest BCUT2D eigenvalue weighted by atomic mass is 16.5. The van der Waals surface area contributed by atoms with Crippen molar-refractivity contribution in [3.05, 3.63) is 36.2 Å². The predicted octanol–water partition coefficient (Wildman–Crippen LogP) is 2.38. The van der Waals surface area contributed by atoms with E-state index >= 15 is 0 Å². The zero-order valence-corrected chi connectivity index (χ0v) is 9.64. The van der Waals surface area contributed by atoms with Gasteiger partial charge in [-0.2, -0.15) is 0 Å². The summed E-state index contributed by atoms with van der Waals surface area (Å²) in [5, 5.41) is 1.74. The molecule has 17 heavy (non-hydrogen) atoms. The van der Waals surface area contributed by atoms with Gasteiger partial charge in [0.05, 0.1) is 17.9 Å². The summed E-state index contributed by atoms with van der Waals surface area (Å²) in [5.41, 5.74) is 6.78. The Morgan fingerprint density at radius 1 is 1.41 bits per heavy atom. The molecule has 0 amide bonds. The molecule has 4 heteroatoms. The largest absolute Gasteiger partial charge is 0.462 e. The first-order valence-corrected chi connectivity index (χ1v) is 5.53. The van der Waals surface area contributed by atoms with E-state index in [0.717, 1.165) is 17.2 Å². The zero-order valence-electron chi connectivity index (χ0n) is 9.64. The molecule has 0 saturated heterocycles. The van der Waals surface area contributed by atoms with Crippen molar-refractivity contribution in [3.63, 3.8) is 0 Å². The van der Waals surface area contributed by atoms with Crippen LogP contribution in [0.2, 0.25) is 0 Å². The Kier molecular flexibility index (Phi) is 3.23. The maximum absolute atomic E-state index is 11.7. The first kappa shape index (κ1) is 11.4. The van der Waals surface area contributed by atoms with Crippen LogP contribution in [0.5, 0.6) is 0 Å². The lowest BCUT2D eigenvalue weighted by Crippen LogP contribution is -2.09. The smallest absolute Gasteiger partial charge is 0.340 e. The summed E-state index contributed by atoms with van der Waals surface area (Å²) in [6.45, 7) is 2.35. The van der Waals surface area contributed by atoms with Crippen LogP contribution < -0.4 is 5.73 Å². The van der Waals surface area contributed by atoms with Gasteiger partial charge in [0.15, 0.2) is 0 Å². The maximum atomic E-state index is 11.7. The number of nitrogens with zero attached hydrogens (tertiary/aromatic N) is 1. The van der Waals surface area contributed by atoms with E-state index in [0.29, 0.717) is 17.9 Å². The molecule has 0 aliphatic heterocycles. The first-order valence-electron chi connectivity index (χ1n) is 5.53. The number of hydrogen-bond acceptors (Lipinski definition) is 4. The number of anilines is 1. The number of esters is 1. The fraction of sp³-hybridized carbons (Fsp3) is 0.231. The van der Waals surface area contributed by atoms with Gasteiger partial charge in [-0.05, 0) is 23.9 Å². The Bertz CT molecular complexity index is 552. The minimum Gasteiger partial charge on any atom is -0.462 e. The second kappa shape index (κ2) is 4.82. The molecule has 2 N–H and O–H groups in total. The Balaban J connectivity index is 2.42. The number of carbonyl (C=O) groups excluding carboxylic acids is 1. The Morgan fingerprint density at radius 2 is 2.24 bits per heavy atom. The van der Waals surface area contributed by atoms with Gasteiger partial charge in [-0.3, -0.25) is 4.98 Å². The Labute approximate surface area is 99.4 Å². The van der Waals surface area contributed by atoms with Gasteiger partial charge in [0.2, 0.25) is 0 Å². The second-order valence-corrected chi connectivity index (χ2v) is 3.76. The molecular weight excluding hydrogens is 216 g/mol. The van der Waals surface area contributed by atoms with E-state index in [1.807, 2.05) is 19.1 Å². The minimum absolute atomic E-state index is 0.380. The molecule has 2 rings (SSSR count). The number of pyridine rings is 1. The van der Waals surface area contributed by atoms with Crippen LogP contribution >= 0.6 is 0 Å². The molecule has 88 valence electrons. The van der Waals surface area contributed by atoms with Crippen molar-refractivity contribution in [2.75, 3.05) is 12.3 Å². The lowest BCUT2D eigenvalue weighted by atomic mass is 10.1. The normalized spacial score (nSPS) is 10.4. The van der Waals surface area contributed by atoms with Crippen LogP contribution in [-0.2, 0) is 4.74 Å². The summed E-state index contributed by atoms with van der Waals surface area (Å²) in [6, 6.07) is 5.39. The van der Waals surface area contributed by atoms with Crippen molar-refractivity contribution in [1.29, 1.82) is 0 Å². The molecule has 0 aliphatic carbocycles. The van der Waals surface area contributed by atoms with Gasteiger partial charge >= 0.3 is 5.97 Å². The zero-order chi connectivity index (χ0) is 12.3. The van der Waals surface area contributed by atoms with Crippen LogP contribution in [-0.4, -0.2) is 17.6 Å². The summed E-state index contributed by atoms with van der Waals surface area (Å²) >= 11 is 0. The average Bonchev–Trinajstić information content (AvgIpc) is 2.37. The average molecular weight is 230 g/mol. The molecule has 1 aromatic heterocycles. The van der Waals surface area contributed by atoms with Crippen molar-refractivity contribution in [3.8, 4) is 0 Å². The van der Waals surface area contributed by atoms with Crippen molar-refractivity contribution in [1.82, 2.24) is 4.98 Å². The number of nitrogens with two attached hydrogens (primary N) is 1. The van der Waals surface area contributed by atoms with Crippen molar-refractivity contribution < 1.29 is 9.53 Å². The SMILES string of the molecule is CCCOC(=O)c1ccc2ccncc2c1N. The van der Waals surface area contributed by atoms with Gasteiger partial charge in [0, 0.05) is 17.8 Å². The summed E-state index contributed by atoms with van der Waals surface area (Å²) in [6.07, 6.45) is 4.14. The number of ether oxygens (including phenoxy) is 1. The minimum atomic E-state index is -0.380. The third-order valence-corrected chi connectivity index (χ3v) is 2.52. The van der Waals surface area contributed by atoms with E-state index in [2.05, 4.69) is 4.98 Å². The maximum Gasteiger partial charge on any atom is 0.340 e. The lowest BCUT2D eigenvalue weighted by molar-refractivity contribution is 0.0506. The predicted molar refractivity (Wildman–Crippen MR) is 66.7 cm³/mol. The highest BCUT2D eigenvalue weighted by molar-refractivity contribution is 6.05. The van der Waals surface area contributed by atoms with Gasteiger partial charge < -0.3 is 10.5 Å². The molecule has 0 aliphatic rings. The number of aromatic nitrogens is 1.